The molecule has 1 aliphatic rings. The fourth-order valence-electron chi connectivity index (χ4n) is 4.22. The third-order valence-corrected chi connectivity index (χ3v) is 6.79. The number of rotatable bonds is 7. The van der Waals surface area contributed by atoms with Crippen molar-refractivity contribution in [3.8, 4) is 22.8 Å². The van der Waals surface area contributed by atoms with Crippen molar-refractivity contribution in [3.05, 3.63) is 70.8 Å². The van der Waals surface area contributed by atoms with Crippen LogP contribution >= 0.6 is 11.3 Å². The average molecular weight is 461 g/mol. The zero-order chi connectivity index (χ0) is 22.6. The third kappa shape index (κ3) is 4.82. The monoisotopic (exact) mass is 460 g/mol. The molecule has 170 valence electrons. The second kappa shape index (κ2) is 9.81. The largest absolute Gasteiger partial charge is 0.497 e. The van der Waals surface area contributed by atoms with Crippen LogP contribution in [0.25, 0.3) is 22.0 Å². The first-order chi connectivity index (χ1) is 16.2. The highest BCUT2D eigenvalue weighted by atomic mass is 32.1. The summed E-state index contributed by atoms with van der Waals surface area (Å²) in [5.41, 5.74) is 3.26. The highest BCUT2D eigenvalue weighted by molar-refractivity contribution is 7.07. The van der Waals surface area contributed by atoms with E-state index in [0.717, 1.165) is 53.7 Å². The van der Waals surface area contributed by atoms with E-state index in [1.807, 2.05) is 37.3 Å². The van der Waals surface area contributed by atoms with Crippen LogP contribution in [0, 0.1) is 0 Å². The molecular formula is C27H28N2O3S. The fraction of sp³-hybridized carbons (Fsp3) is 0.296. The van der Waals surface area contributed by atoms with Crippen molar-refractivity contribution in [2.45, 2.75) is 32.4 Å². The van der Waals surface area contributed by atoms with Gasteiger partial charge in [-0.25, -0.2) is 4.99 Å². The standard InChI is InChI=1S/C27H28N2O3S/c1-3-31-23-12-9-22(10-13-23)28-27-29(17-25-5-4-14-32-25)26(18-33-27)21-7-6-20-16-24(30-2)11-8-19(20)15-21/h6-13,15-16,18,25H,3-5,14,17H2,1-2H3. The maximum atomic E-state index is 5.97. The fourth-order valence-corrected chi connectivity index (χ4v) is 5.16. The molecule has 6 heteroatoms. The number of nitrogens with zero attached hydrogens (tertiary/aromatic N) is 2. The van der Waals surface area contributed by atoms with Gasteiger partial charge in [-0.1, -0.05) is 18.2 Å². The van der Waals surface area contributed by atoms with E-state index >= 15 is 0 Å². The number of aromatic nitrogens is 1. The van der Waals surface area contributed by atoms with Crippen molar-refractivity contribution in [2.75, 3.05) is 20.3 Å². The molecule has 0 amide bonds. The summed E-state index contributed by atoms with van der Waals surface area (Å²) >= 11 is 1.66. The minimum absolute atomic E-state index is 0.224. The summed E-state index contributed by atoms with van der Waals surface area (Å²) in [6.07, 6.45) is 2.43. The molecule has 3 aromatic carbocycles. The Morgan fingerprint density at radius 3 is 2.58 bits per heavy atom. The van der Waals surface area contributed by atoms with Gasteiger partial charge in [-0.15, -0.1) is 11.3 Å². The first kappa shape index (κ1) is 21.7. The van der Waals surface area contributed by atoms with E-state index in [1.54, 1.807) is 18.4 Å². The number of fused-ring (bicyclic) bond motifs is 1. The minimum atomic E-state index is 0.224. The second-order valence-corrected chi connectivity index (χ2v) is 8.95. The molecule has 0 bridgehead atoms. The molecule has 5 rings (SSSR count). The number of ether oxygens (including phenoxy) is 3. The van der Waals surface area contributed by atoms with Gasteiger partial charge < -0.3 is 18.8 Å². The van der Waals surface area contributed by atoms with Gasteiger partial charge in [0.1, 0.15) is 11.5 Å². The summed E-state index contributed by atoms with van der Waals surface area (Å²) in [5, 5.41) is 4.55. The average Bonchev–Trinajstić information content (AvgIpc) is 3.50. The van der Waals surface area contributed by atoms with E-state index in [4.69, 9.17) is 19.2 Å². The summed E-state index contributed by atoms with van der Waals surface area (Å²) in [7, 11) is 1.70. The maximum absolute atomic E-state index is 5.97. The third-order valence-electron chi connectivity index (χ3n) is 5.92. The quantitative estimate of drug-likeness (QED) is 0.330. The summed E-state index contributed by atoms with van der Waals surface area (Å²) in [5.74, 6) is 1.74. The molecule has 33 heavy (non-hydrogen) atoms. The van der Waals surface area contributed by atoms with Crippen LogP contribution in [0.1, 0.15) is 19.8 Å². The molecule has 0 N–H and O–H groups in total. The van der Waals surface area contributed by atoms with Crippen molar-refractivity contribution in [1.29, 1.82) is 0 Å². The van der Waals surface area contributed by atoms with Crippen LogP contribution in [0.4, 0.5) is 5.69 Å². The molecule has 2 heterocycles. The van der Waals surface area contributed by atoms with Gasteiger partial charge in [0, 0.05) is 12.0 Å². The van der Waals surface area contributed by atoms with Crippen LogP contribution in [0.15, 0.2) is 71.0 Å². The Kier molecular flexibility index (Phi) is 6.46. The lowest BCUT2D eigenvalue weighted by atomic mass is 10.0. The first-order valence-corrected chi connectivity index (χ1v) is 12.3. The number of methoxy groups -OCH3 is 1. The molecule has 0 spiro atoms. The van der Waals surface area contributed by atoms with Crippen molar-refractivity contribution in [1.82, 2.24) is 4.57 Å². The molecule has 1 aromatic heterocycles. The van der Waals surface area contributed by atoms with Crippen molar-refractivity contribution >= 4 is 27.8 Å². The number of benzene rings is 3. The van der Waals surface area contributed by atoms with E-state index in [1.165, 1.54) is 16.3 Å². The maximum Gasteiger partial charge on any atom is 0.190 e. The molecule has 5 nitrogen and oxygen atoms in total. The van der Waals surface area contributed by atoms with Crippen LogP contribution in [0.2, 0.25) is 0 Å². The molecule has 0 radical (unpaired) electrons. The van der Waals surface area contributed by atoms with E-state index in [-0.39, 0.29) is 6.10 Å². The van der Waals surface area contributed by atoms with Gasteiger partial charge in [-0.2, -0.15) is 0 Å². The van der Waals surface area contributed by atoms with Crippen molar-refractivity contribution in [3.63, 3.8) is 0 Å². The van der Waals surface area contributed by atoms with Crippen molar-refractivity contribution in [2.24, 2.45) is 4.99 Å². The molecule has 1 saturated heterocycles. The molecule has 1 atom stereocenters. The van der Waals surface area contributed by atoms with Crippen LogP contribution in [-0.2, 0) is 11.3 Å². The van der Waals surface area contributed by atoms with E-state index in [2.05, 4.69) is 40.3 Å². The Morgan fingerprint density at radius 1 is 1.03 bits per heavy atom. The highest BCUT2D eigenvalue weighted by Gasteiger charge is 2.19. The van der Waals surface area contributed by atoms with Crippen LogP contribution in [0.5, 0.6) is 11.5 Å². The smallest absolute Gasteiger partial charge is 0.190 e. The molecule has 0 aliphatic carbocycles. The lowest BCUT2D eigenvalue weighted by Gasteiger charge is -2.14. The predicted octanol–water partition coefficient (Wildman–Crippen LogP) is 6.19. The molecule has 4 aromatic rings. The molecule has 1 fully saturated rings. The van der Waals surface area contributed by atoms with Gasteiger partial charge in [0.2, 0.25) is 0 Å². The zero-order valence-electron chi connectivity index (χ0n) is 19.0. The van der Waals surface area contributed by atoms with E-state index in [9.17, 15) is 0 Å². The SMILES string of the molecule is CCOc1ccc(N=c2scc(-c3ccc4cc(OC)ccc4c3)n2CC2CCCO2)cc1. The first-order valence-electron chi connectivity index (χ1n) is 11.4. The Labute approximate surface area is 197 Å². The van der Waals surface area contributed by atoms with Gasteiger partial charge in [-0.3, -0.25) is 0 Å². The molecule has 0 saturated carbocycles. The van der Waals surface area contributed by atoms with Gasteiger partial charge >= 0.3 is 0 Å². The van der Waals surface area contributed by atoms with Crippen molar-refractivity contribution < 1.29 is 14.2 Å². The topological polar surface area (TPSA) is 45.0 Å². The zero-order valence-corrected chi connectivity index (χ0v) is 19.8. The van der Waals surface area contributed by atoms with Gasteiger partial charge in [0.05, 0.1) is 37.7 Å². The Bertz CT molecular complexity index is 1300. The summed E-state index contributed by atoms with van der Waals surface area (Å²) < 4.78 is 19.2. The van der Waals surface area contributed by atoms with Gasteiger partial charge in [0.25, 0.3) is 0 Å². The second-order valence-electron chi connectivity index (χ2n) is 8.12. The highest BCUT2D eigenvalue weighted by Crippen LogP contribution is 2.29. The summed E-state index contributed by atoms with van der Waals surface area (Å²) in [4.78, 5) is 5.94. The minimum Gasteiger partial charge on any atom is -0.497 e. The summed E-state index contributed by atoms with van der Waals surface area (Å²) in [6.45, 7) is 4.29. The Hall–Kier alpha value is -3.09. The van der Waals surface area contributed by atoms with Crippen LogP contribution in [-0.4, -0.2) is 31.0 Å². The molecule has 1 aliphatic heterocycles. The van der Waals surface area contributed by atoms with Crippen LogP contribution < -0.4 is 14.3 Å². The van der Waals surface area contributed by atoms with Gasteiger partial charge in [-0.05, 0) is 78.6 Å². The molecular weight excluding hydrogens is 432 g/mol. The molecule has 1 unspecified atom stereocenters. The number of hydrogen-bond acceptors (Lipinski definition) is 5. The number of hydrogen-bond donors (Lipinski definition) is 0. The Balaban J connectivity index is 1.55. The van der Waals surface area contributed by atoms with Gasteiger partial charge in [0.15, 0.2) is 4.80 Å². The van der Waals surface area contributed by atoms with E-state index < -0.39 is 0 Å². The predicted molar refractivity (Wildman–Crippen MR) is 134 cm³/mol. The number of thiazole rings is 1. The Morgan fingerprint density at radius 2 is 1.82 bits per heavy atom. The lowest BCUT2D eigenvalue weighted by molar-refractivity contribution is 0.0968. The van der Waals surface area contributed by atoms with E-state index in [0.29, 0.717) is 6.61 Å². The normalized spacial score (nSPS) is 16.4. The summed E-state index contributed by atoms with van der Waals surface area (Å²) in [6, 6.07) is 20.7. The van der Waals surface area contributed by atoms with Crippen LogP contribution in [0.3, 0.4) is 0 Å². The lowest BCUT2D eigenvalue weighted by Crippen LogP contribution is -2.24.